The molecule has 0 aliphatic rings. The van der Waals surface area contributed by atoms with Gasteiger partial charge in [-0.1, -0.05) is 12.1 Å². The van der Waals surface area contributed by atoms with E-state index in [2.05, 4.69) is 43.0 Å². The number of fused-ring (bicyclic) bond motifs is 1. The number of rotatable bonds is 1. The maximum Gasteiger partial charge on any atom is 0.153 e. The summed E-state index contributed by atoms with van der Waals surface area (Å²) < 4.78 is 1.85. The molecule has 96 valence electrons. The highest BCUT2D eigenvalue weighted by Crippen LogP contribution is 2.26. The number of hydrogen-bond donors (Lipinski definition) is 0. The Morgan fingerprint density at radius 3 is 2.47 bits per heavy atom. The Hall–Kier alpha value is -2.16. The number of aromatic nitrogens is 3. The van der Waals surface area contributed by atoms with Crippen LogP contribution in [0.1, 0.15) is 22.4 Å². The van der Waals surface area contributed by atoms with Gasteiger partial charge < -0.3 is 0 Å². The van der Waals surface area contributed by atoms with Gasteiger partial charge in [0.15, 0.2) is 5.65 Å². The first-order valence-electron chi connectivity index (χ1n) is 6.46. The van der Waals surface area contributed by atoms with Gasteiger partial charge in [0.05, 0.1) is 17.6 Å². The standard InChI is InChI=1S/C16H17N3/c1-10-5-6-14(13(4)12(10)3)15-7-8-16-17-11(2)9-19(16)18-15/h5-9H,1-4H3. The van der Waals surface area contributed by atoms with Crippen LogP contribution in [0.25, 0.3) is 16.9 Å². The number of aryl methyl sites for hydroxylation is 2. The Morgan fingerprint density at radius 2 is 1.68 bits per heavy atom. The normalized spacial score (nSPS) is 11.2. The molecule has 0 saturated carbocycles. The van der Waals surface area contributed by atoms with E-state index >= 15 is 0 Å². The van der Waals surface area contributed by atoms with Crippen molar-refractivity contribution >= 4 is 5.65 Å². The fourth-order valence-electron chi connectivity index (χ4n) is 2.38. The first kappa shape index (κ1) is 11.9. The van der Waals surface area contributed by atoms with Crippen LogP contribution in [0.3, 0.4) is 0 Å². The Kier molecular flexibility index (Phi) is 2.63. The van der Waals surface area contributed by atoms with Gasteiger partial charge in [0.2, 0.25) is 0 Å². The molecule has 0 radical (unpaired) electrons. The molecule has 3 aromatic rings. The molecule has 0 amide bonds. The van der Waals surface area contributed by atoms with Crippen molar-refractivity contribution in [2.45, 2.75) is 27.7 Å². The van der Waals surface area contributed by atoms with E-state index in [0.29, 0.717) is 0 Å². The molecule has 3 rings (SSSR count). The highest BCUT2D eigenvalue weighted by atomic mass is 15.2. The van der Waals surface area contributed by atoms with Crippen molar-refractivity contribution in [1.82, 2.24) is 14.6 Å². The predicted octanol–water partition coefficient (Wildman–Crippen LogP) is 3.63. The minimum absolute atomic E-state index is 0.891. The molecular formula is C16H17N3. The van der Waals surface area contributed by atoms with Crippen molar-refractivity contribution in [3.05, 3.63) is 52.8 Å². The van der Waals surface area contributed by atoms with Crippen LogP contribution in [0.4, 0.5) is 0 Å². The summed E-state index contributed by atoms with van der Waals surface area (Å²) >= 11 is 0. The number of imidazole rings is 1. The van der Waals surface area contributed by atoms with Gasteiger partial charge in [-0.25, -0.2) is 9.50 Å². The van der Waals surface area contributed by atoms with Gasteiger partial charge >= 0.3 is 0 Å². The van der Waals surface area contributed by atoms with Gasteiger partial charge in [-0.2, -0.15) is 5.10 Å². The van der Waals surface area contributed by atoms with E-state index in [1.54, 1.807) is 0 Å². The van der Waals surface area contributed by atoms with E-state index < -0.39 is 0 Å². The minimum atomic E-state index is 0.891. The van der Waals surface area contributed by atoms with Crippen molar-refractivity contribution < 1.29 is 0 Å². The van der Waals surface area contributed by atoms with Crippen LogP contribution in [0.5, 0.6) is 0 Å². The summed E-state index contributed by atoms with van der Waals surface area (Å²) in [6, 6.07) is 8.36. The van der Waals surface area contributed by atoms with Gasteiger partial charge in [-0.15, -0.1) is 0 Å². The minimum Gasteiger partial charge on any atom is -0.232 e. The monoisotopic (exact) mass is 251 g/mol. The fourth-order valence-corrected chi connectivity index (χ4v) is 2.38. The van der Waals surface area contributed by atoms with Crippen LogP contribution in [0.15, 0.2) is 30.5 Å². The summed E-state index contributed by atoms with van der Waals surface area (Å²) in [4.78, 5) is 4.40. The van der Waals surface area contributed by atoms with Crippen LogP contribution < -0.4 is 0 Å². The maximum absolute atomic E-state index is 4.65. The molecule has 0 saturated heterocycles. The Labute approximate surface area is 112 Å². The Bertz CT molecular complexity index is 769. The number of hydrogen-bond acceptors (Lipinski definition) is 2. The quantitative estimate of drug-likeness (QED) is 0.661. The summed E-state index contributed by atoms with van der Waals surface area (Å²) in [7, 11) is 0. The fraction of sp³-hybridized carbons (Fsp3) is 0.250. The van der Waals surface area contributed by atoms with E-state index in [1.165, 1.54) is 22.3 Å². The lowest BCUT2D eigenvalue weighted by Gasteiger charge is -2.10. The lowest BCUT2D eigenvalue weighted by Crippen LogP contribution is -1.96. The number of nitrogens with zero attached hydrogens (tertiary/aromatic N) is 3. The second kappa shape index (κ2) is 4.19. The van der Waals surface area contributed by atoms with Crippen molar-refractivity contribution in [3.8, 4) is 11.3 Å². The largest absolute Gasteiger partial charge is 0.232 e. The molecule has 0 bridgehead atoms. The molecular weight excluding hydrogens is 234 g/mol. The molecule has 0 fully saturated rings. The van der Waals surface area contributed by atoms with E-state index in [0.717, 1.165) is 17.0 Å². The lowest BCUT2D eigenvalue weighted by atomic mass is 9.97. The van der Waals surface area contributed by atoms with Crippen LogP contribution in [0.2, 0.25) is 0 Å². The second-order valence-corrected chi connectivity index (χ2v) is 5.08. The maximum atomic E-state index is 4.65. The molecule has 0 atom stereocenters. The van der Waals surface area contributed by atoms with Crippen LogP contribution >= 0.6 is 0 Å². The average Bonchev–Trinajstić information content (AvgIpc) is 2.75. The summed E-state index contributed by atoms with van der Waals surface area (Å²) in [6.07, 6.45) is 1.95. The van der Waals surface area contributed by atoms with E-state index in [-0.39, 0.29) is 0 Å². The van der Waals surface area contributed by atoms with Gasteiger partial charge in [0, 0.05) is 5.56 Å². The molecule has 19 heavy (non-hydrogen) atoms. The van der Waals surface area contributed by atoms with Gasteiger partial charge in [-0.3, -0.25) is 0 Å². The van der Waals surface area contributed by atoms with Crippen molar-refractivity contribution in [1.29, 1.82) is 0 Å². The van der Waals surface area contributed by atoms with Crippen LogP contribution in [-0.2, 0) is 0 Å². The third-order valence-corrected chi connectivity index (χ3v) is 3.77. The summed E-state index contributed by atoms with van der Waals surface area (Å²) in [6.45, 7) is 8.44. The van der Waals surface area contributed by atoms with E-state index in [9.17, 15) is 0 Å². The molecule has 0 aliphatic carbocycles. The van der Waals surface area contributed by atoms with Crippen molar-refractivity contribution in [3.63, 3.8) is 0 Å². The highest BCUT2D eigenvalue weighted by molar-refractivity contribution is 5.66. The molecule has 2 aromatic heterocycles. The molecule has 2 heterocycles. The SMILES string of the molecule is Cc1cn2nc(-c3ccc(C)c(C)c3C)ccc2n1. The topological polar surface area (TPSA) is 30.2 Å². The Balaban J connectivity index is 2.21. The van der Waals surface area contributed by atoms with Crippen molar-refractivity contribution in [2.75, 3.05) is 0 Å². The van der Waals surface area contributed by atoms with E-state index in [1.807, 2.05) is 29.8 Å². The first-order valence-corrected chi connectivity index (χ1v) is 6.46. The first-order chi connectivity index (χ1) is 9.06. The third-order valence-electron chi connectivity index (χ3n) is 3.77. The Morgan fingerprint density at radius 1 is 0.895 bits per heavy atom. The summed E-state index contributed by atoms with van der Waals surface area (Å²) in [5.74, 6) is 0. The zero-order valence-electron chi connectivity index (χ0n) is 11.7. The molecule has 0 N–H and O–H groups in total. The molecule has 0 unspecified atom stereocenters. The van der Waals surface area contributed by atoms with Crippen LogP contribution in [0, 0.1) is 27.7 Å². The molecule has 3 heteroatoms. The molecule has 1 aromatic carbocycles. The summed E-state index contributed by atoms with van der Waals surface area (Å²) in [5.41, 5.74) is 8.01. The second-order valence-electron chi connectivity index (χ2n) is 5.08. The molecule has 0 aliphatic heterocycles. The van der Waals surface area contributed by atoms with Gasteiger partial charge in [0.25, 0.3) is 0 Å². The van der Waals surface area contributed by atoms with Gasteiger partial charge in [0.1, 0.15) is 0 Å². The van der Waals surface area contributed by atoms with E-state index in [4.69, 9.17) is 0 Å². The highest BCUT2D eigenvalue weighted by Gasteiger charge is 2.08. The summed E-state index contributed by atoms with van der Waals surface area (Å²) in [5, 5.41) is 4.65. The van der Waals surface area contributed by atoms with Gasteiger partial charge in [-0.05, 0) is 56.5 Å². The number of benzene rings is 1. The predicted molar refractivity (Wildman–Crippen MR) is 77.4 cm³/mol. The smallest absolute Gasteiger partial charge is 0.153 e. The average molecular weight is 251 g/mol. The van der Waals surface area contributed by atoms with Crippen molar-refractivity contribution in [2.24, 2.45) is 0 Å². The third kappa shape index (κ3) is 1.91. The zero-order chi connectivity index (χ0) is 13.6. The van der Waals surface area contributed by atoms with Crippen LogP contribution in [-0.4, -0.2) is 14.6 Å². The molecule has 0 spiro atoms. The molecule has 3 nitrogen and oxygen atoms in total. The zero-order valence-corrected chi connectivity index (χ0v) is 11.7. The lowest BCUT2D eigenvalue weighted by molar-refractivity contribution is 0.939.